The summed E-state index contributed by atoms with van der Waals surface area (Å²) in [5.74, 6) is 0.430. The van der Waals surface area contributed by atoms with Gasteiger partial charge in [0.25, 0.3) is 0 Å². The molecule has 0 saturated carbocycles. The van der Waals surface area contributed by atoms with Crippen LogP contribution < -0.4 is 10.5 Å². The van der Waals surface area contributed by atoms with Crippen LogP contribution in [-0.2, 0) is 0 Å². The van der Waals surface area contributed by atoms with Crippen LogP contribution in [0, 0.1) is 0 Å². The number of halogens is 3. The summed E-state index contributed by atoms with van der Waals surface area (Å²) in [5, 5.41) is 0. The Kier molecular flexibility index (Phi) is 3.82. The van der Waals surface area contributed by atoms with Crippen molar-refractivity contribution >= 4 is 5.69 Å². The highest BCUT2D eigenvalue weighted by Crippen LogP contribution is 2.23. The van der Waals surface area contributed by atoms with Crippen LogP contribution in [0.4, 0.5) is 18.9 Å². The first-order chi connectivity index (χ1) is 6.99. The molecule has 0 saturated heterocycles. The minimum Gasteiger partial charge on any atom is -0.491 e. The van der Waals surface area contributed by atoms with Crippen LogP contribution in [0.2, 0.25) is 0 Å². The fourth-order valence-corrected chi connectivity index (χ4v) is 1.07. The van der Waals surface area contributed by atoms with E-state index in [1.54, 1.807) is 24.3 Å². The first-order valence-electron chi connectivity index (χ1n) is 4.53. The lowest BCUT2D eigenvalue weighted by atomic mass is 10.3. The van der Waals surface area contributed by atoms with Crippen LogP contribution in [0.15, 0.2) is 24.3 Å². The largest absolute Gasteiger partial charge is 0.491 e. The third kappa shape index (κ3) is 4.58. The second kappa shape index (κ2) is 4.91. The molecule has 0 spiro atoms. The zero-order valence-corrected chi connectivity index (χ0v) is 8.05. The van der Waals surface area contributed by atoms with E-state index in [0.717, 1.165) is 0 Å². The molecule has 0 unspecified atom stereocenters. The maximum atomic E-state index is 11.8. The minimum atomic E-state index is -4.12. The van der Waals surface area contributed by atoms with E-state index in [9.17, 15) is 13.2 Å². The second-order valence-corrected chi connectivity index (χ2v) is 3.11. The molecule has 1 aromatic carbocycles. The van der Waals surface area contributed by atoms with E-state index in [2.05, 4.69) is 0 Å². The molecule has 0 atom stereocenters. The summed E-state index contributed by atoms with van der Waals surface area (Å²) < 4.78 is 40.4. The molecule has 84 valence electrons. The van der Waals surface area contributed by atoms with E-state index >= 15 is 0 Å². The molecule has 1 aromatic rings. The van der Waals surface area contributed by atoms with Gasteiger partial charge in [0.15, 0.2) is 0 Å². The van der Waals surface area contributed by atoms with Crippen molar-refractivity contribution in [3.8, 4) is 5.75 Å². The van der Waals surface area contributed by atoms with Crippen molar-refractivity contribution in [2.75, 3.05) is 12.3 Å². The van der Waals surface area contributed by atoms with Crippen molar-refractivity contribution < 1.29 is 17.9 Å². The van der Waals surface area contributed by atoms with E-state index in [1.165, 1.54) is 0 Å². The number of nitrogen functional groups attached to an aromatic ring is 1. The normalized spacial score (nSPS) is 11.4. The SMILES string of the molecule is Nc1ccccc1OCCCC(F)(F)F. The number of benzene rings is 1. The summed E-state index contributed by atoms with van der Waals surface area (Å²) in [7, 11) is 0. The first kappa shape index (κ1) is 11.7. The Hall–Kier alpha value is -1.39. The average Bonchev–Trinajstić information content (AvgIpc) is 2.13. The van der Waals surface area contributed by atoms with Gasteiger partial charge in [0.1, 0.15) is 5.75 Å². The first-order valence-corrected chi connectivity index (χ1v) is 4.53. The van der Waals surface area contributed by atoms with Gasteiger partial charge in [0.05, 0.1) is 12.3 Å². The van der Waals surface area contributed by atoms with Gasteiger partial charge in [0, 0.05) is 6.42 Å². The van der Waals surface area contributed by atoms with Gasteiger partial charge in [-0.3, -0.25) is 0 Å². The van der Waals surface area contributed by atoms with Crippen LogP contribution in [0.25, 0.3) is 0 Å². The average molecular weight is 219 g/mol. The fourth-order valence-electron chi connectivity index (χ4n) is 1.07. The Morgan fingerprint density at radius 1 is 1.20 bits per heavy atom. The third-order valence-electron chi connectivity index (χ3n) is 1.78. The highest BCUT2D eigenvalue weighted by Gasteiger charge is 2.26. The maximum absolute atomic E-state index is 11.8. The van der Waals surface area contributed by atoms with E-state index in [-0.39, 0.29) is 13.0 Å². The van der Waals surface area contributed by atoms with E-state index in [4.69, 9.17) is 10.5 Å². The van der Waals surface area contributed by atoms with Gasteiger partial charge in [-0.2, -0.15) is 13.2 Å². The number of para-hydroxylation sites is 2. The molecule has 5 heteroatoms. The standard InChI is InChI=1S/C10H12F3NO/c11-10(12,13)6-3-7-15-9-5-2-1-4-8(9)14/h1-2,4-5H,3,6-7,14H2. The molecule has 0 heterocycles. The highest BCUT2D eigenvalue weighted by molar-refractivity contribution is 5.51. The van der Waals surface area contributed by atoms with Gasteiger partial charge in [-0.25, -0.2) is 0 Å². The molecule has 0 radical (unpaired) electrons. The number of nitrogens with two attached hydrogens (primary N) is 1. The molecule has 2 nitrogen and oxygen atoms in total. The fraction of sp³-hybridized carbons (Fsp3) is 0.400. The number of anilines is 1. The molecule has 15 heavy (non-hydrogen) atoms. The monoisotopic (exact) mass is 219 g/mol. The molecular formula is C10H12F3NO. The molecule has 0 aliphatic heterocycles. The number of rotatable bonds is 4. The summed E-state index contributed by atoms with van der Waals surface area (Å²) >= 11 is 0. The third-order valence-corrected chi connectivity index (χ3v) is 1.78. The summed E-state index contributed by atoms with van der Waals surface area (Å²) in [6.45, 7) is 0.0216. The van der Waals surface area contributed by atoms with Crippen LogP contribution in [0.5, 0.6) is 5.75 Å². The molecular weight excluding hydrogens is 207 g/mol. The summed E-state index contributed by atoms with van der Waals surface area (Å²) in [6, 6.07) is 6.72. The minimum absolute atomic E-state index is 0.0216. The lowest BCUT2D eigenvalue weighted by molar-refractivity contribution is -0.136. The smallest absolute Gasteiger partial charge is 0.389 e. The topological polar surface area (TPSA) is 35.2 Å². The van der Waals surface area contributed by atoms with Crippen LogP contribution >= 0.6 is 0 Å². The second-order valence-electron chi connectivity index (χ2n) is 3.11. The van der Waals surface area contributed by atoms with Crippen molar-refractivity contribution in [2.24, 2.45) is 0 Å². The molecule has 0 bridgehead atoms. The van der Waals surface area contributed by atoms with E-state index < -0.39 is 12.6 Å². The molecule has 0 aromatic heterocycles. The van der Waals surface area contributed by atoms with Crippen molar-refractivity contribution in [3.63, 3.8) is 0 Å². The summed E-state index contributed by atoms with van der Waals surface area (Å²) in [5.41, 5.74) is 5.98. The van der Waals surface area contributed by atoms with Gasteiger partial charge in [-0.05, 0) is 18.6 Å². The molecule has 0 amide bonds. The Labute approximate surface area is 85.8 Å². The zero-order valence-electron chi connectivity index (χ0n) is 8.05. The lowest BCUT2D eigenvalue weighted by Crippen LogP contribution is -2.10. The van der Waals surface area contributed by atoms with Crippen molar-refractivity contribution in [3.05, 3.63) is 24.3 Å². The van der Waals surface area contributed by atoms with Gasteiger partial charge < -0.3 is 10.5 Å². The van der Waals surface area contributed by atoms with Crippen LogP contribution in [-0.4, -0.2) is 12.8 Å². The van der Waals surface area contributed by atoms with E-state index in [1.807, 2.05) is 0 Å². The van der Waals surface area contributed by atoms with Gasteiger partial charge in [-0.15, -0.1) is 0 Å². The number of ether oxygens (including phenoxy) is 1. The zero-order chi connectivity index (χ0) is 11.3. The van der Waals surface area contributed by atoms with Gasteiger partial charge >= 0.3 is 6.18 Å². The summed E-state index contributed by atoms with van der Waals surface area (Å²) in [4.78, 5) is 0. The Bertz CT molecular complexity index is 312. The Morgan fingerprint density at radius 3 is 2.47 bits per heavy atom. The quantitative estimate of drug-likeness (QED) is 0.624. The van der Waals surface area contributed by atoms with Crippen LogP contribution in [0.1, 0.15) is 12.8 Å². The summed E-state index contributed by atoms with van der Waals surface area (Å²) in [6.07, 6.45) is -5.01. The predicted molar refractivity (Wildman–Crippen MR) is 51.6 cm³/mol. The molecule has 2 N–H and O–H groups in total. The van der Waals surface area contributed by atoms with Gasteiger partial charge in [0.2, 0.25) is 0 Å². The lowest BCUT2D eigenvalue weighted by Gasteiger charge is -2.09. The van der Waals surface area contributed by atoms with Crippen molar-refractivity contribution in [1.29, 1.82) is 0 Å². The van der Waals surface area contributed by atoms with Gasteiger partial charge in [-0.1, -0.05) is 12.1 Å². The van der Waals surface area contributed by atoms with Crippen molar-refractivity contribution in [2.45, 2.75) is 19.0 Å². The number of hydrogen-bond acceptors (Lipinski definition) is 2. The molecule has 0 aliphatic carbocycles. The number of hydrogen-bond donors (Lipinski definition) is 1. The number of alkyl halides is 3. The highest BCUT2D eigenvalue weighted by atomic mass is 19.4. The van der Waals surface area contributed by atoms with E-state index in [0.29, 0.717) is 11.4 Å². The Balaban J connectivity index is 2.30. The van der Waals surface area contributed by atoms with Crippen LogP contribution in [0.3, 0.4) is 0 Å². The Morgan fingerprint density at radius 2 is 1.87 bits per heavy atom. The molecule has 0 aliphatic rings. The van der Waals surface area contributed by atoms with Crippen molar-refractivity contribution in [1.82, 2.24) is 0 Å². The molecule has 0 fully saturated rings. The molecule has 1 rings (SSSR count). The predicted octanol–water partition coefficient (Wildman–Crippen LogP) is 2.99. The maximum Gasteiger partial charge on any atom is 0.389 e.